The molecular weight excluding hydrogens is 277 g/mol. The van der Waals surface area contributed by atoms with Gasteiger partial charge in [0, 0.05) is 25.2 Å². The largest absolute Gasteiger partial charge is 0.411 e. The summed E-state index contributed by atoms with van der Waals surface area (Å²) in [6, 6.07) is 1.70. The lowest BCUT2D eigenvalue weighted by molar-refractivity contribution is -0.177. The van der Waals surface area contributed by atoms with Crippen molar-refractivity contribution < 1.29 is 22.4 Å². The van der Waals surface area contributed by atoms with E-state index in [9.17, 15) is 13.2 Å². The maximum atomic E-state index is 11.9. The average molecular weight is 288 g/mol. The molecule has 0 spiro atoms. The van der Waals surface area contributed by atoms with Crippen molar-refractivity contribution in [1.82, 2.24) is 20.1 Å². The van der Waals surface area contributed by atoms with Crippen molar-refractivity contribution >= 4 is 0 Å². The van der Waals surface area contributed by atoms with Crippen molar-refractivity contribution in [2.45, 2.75) is 25.6 Å². The first-order chi connectivity index (χ1) is 9.53. The topological polar surface area (TPSA) is 73.9 Å². The standard InChI is InChI=1S/C11H11F3N4O2/c12-11(13,14)7-19-6-9-17-10(20-18-9)3-2-8-15-4-1-5-16-8/h1,4-5H,2-3,6-7H2. The van der Waals surface area contributed by atoms with Crippen molar-refractivity contribution in [2.75, 3.05) is 6.61 Å². The molecule has 0 saturated heterocycles. The van der Waals surface area contributed by atoms with Gasteiger partial charge in [0.1, 0.15) is 19.0 Å². The molecule has 0 aliphatic rings. The molecule has 0 aliphatic carbocycles. The van der Waals surface area contributed by atoms with Gasteiger partial charge in [0.25, 0.3) is 0 Å². The van der Waals surface area contributed by atoms with Gasteiger partial charge in [-0.05, 0) is 6.07 Å². The zero-order valence-electron chi connectivity index (χ0n) is 10.3. The summed E-state index contributed by atoms with van der Waals surface area (Å²) in [5, 5.41) is 3.53. The van der Waals surface area contributed by atoms with E-state index in [0.29, 0.717) is 24.6 Å². The van der Waals surface area contributed by atoms with Gasteiger partial charge < -0.3 is 9.26 Å². The second kappa shape index (κ2) is 6.42. The lowest BCUT2D eigenvalue weighted by Gasteiger charge is -2.04. The SMILES string of the molecule is FC(F)(F)COCc1noc(CCc2ncccn2)n1. The van der Waals surface area contributed by atoms with E-state index in [0.717, 1.165) is 0 Å². The third-order valence-corrected chi connectivity index (χ3v) is 2.19. The molecule has 2 aromatic rings. The highest BCUT2D eigenvalue weighted by Crippen LogP contribution is 2.15. The first kappa shape index (κ1) is 14.4. The van der Waals surface area contributed by atoms with Crippen LogP contribution in [0.1, 0.15) is 17.5 Å². The van der Waals surface area contributed by atoms with Crippen molar-refractivity contribution in [3.63, 3.8) is 0 Å². The highest BCUT2D eigenvalue weighted by molar-refractivity contribution is 4.92. The van der Waals surface area contributed by atoms with Crippen LogP contribution in [0, 0.1) is 0 Å². The quantitative estimate of drug-likeness (QED) is 0.805. The van der Waals surface area contributed by atoms with Crippen LogP contribution in [0.15, 0.2) is 23.0 Å². The average Bonchev–Trinajstić information content (AvgIpc) is 2.84. The Kier molecular flexibility index (Phi) is 4.61. The molecule has 0 unspecified atom stereocenters. The molecule has 0 aromatic carbocycles. The number of rotatable bonds is 6. The van der Waals surface area contributed by atoms with Crippen molar-refractivity contribution in [1.29, 1.82) is 0 Å². The minimum Gasteiger partial charge on any atom is -0.364 e. The van der Waals surface area contributed by atoms with Crippen LogP contribution >= 0.6 is 0 Å². The Morgan fingerprint density at radius 1 is 1.10 bits per heavy atom. The van der Waals surface area contributed by atoms with Gasteiger partial charge in [0.2, 0.25) is 5.89 Å². The number of hydrogen-bond donors (Lipinski definition) is 0. The zero-order valence-corrected chi connectivity index (χ0v) is 10.3. The first-order valence-corrected chi connectivity index (χ1v) is 5.75. The van der Waals surface area contributed by atoms with Gasteiger partial charge in [0.05, 0.1) is 0 Å². The summed E-state index contributed by atoms with van der Waals surface area (Å²) in [6.45, 7) is -1.68. The van der Waals surface area contributed by atoms with E-state index < -0.39 is 12.8 Å². The van der Waals surface area contributed by atoms with Gasteiger partial charge in [-0.15, -0.1) is 0 Å². The molecule has 20 heavy (non-hydrogen) atoms. The zero-order chi connectivity index (χ0) is 14.4. The molecule has 2 aromatic heterocycles. The number of aryl methyl sites for hydroxylation is 2. The van der Waals surface area contributed by atoms with Gasteiger partial charge in [-0.3, -0.25) is 0 Å². The molecule has 0 bridgehead atoms. The Morgan fingerprint density at radius 2 is 1.85 bits per heavy atom. The van der Waals surface area contributed by atoms with E-state index >= 15 is 0 Å². The highest BCUT2D eigenvalue weighted by atomic mass is 19.4. The molecular formula is C11H11F3N4O2. The summed E-state index contributed by atoms with van der Waals surface area (Å²) in [5.41, 5.74) is 0. The number of hydrogen-bond acceptors (Lipinski definition) is 6. The lowest BCUT2D eigenvalue weighted by Crippen LogP contribution is -2.16. The first-order valence-electron chi connectivity index (χ1n) is 5.75. The number of nitrogens with zero attached hydrogens (tertiary/aromatic N) is 4. The van der Waals surface area contributed by atoms with Crippen LogP contribution in [0.25, 0.3) is 0 Å². The van der Waals surface area contributed by atoms with Gasteiger partial charge in [0.15, 0.2) is 5.82 Å². The van der Waals surface area contributed by atoms with Crippen LogP contribution in [0.3, 0.4) is 0 Å². The number of aromatic nitrogens is 4. The predicted octanol–water partition coefficient (Wildman–Crippen LogP) is 1.72. The van der Waals surface area contributed by atoms with Crippen LogP contribution in [0.4, 0.5) is 13.2 Å². The van der Waals surface area contributed by atoms with Crippen molar-refractivity contribution in [3.05, 3.63) is 36.0 Å². The summed E-state index contributed by atoms with van der Waals surface area (Å²) in [5.74, 6) is 1.02. The summed E-state index contributed by atoms with van der Waals surface area (Å²) < 4.78 is 44.9. The molecule has 0 N–H and O–H groups in total. The molecule has 0 saturated carbocycles. The number of halogens is 3. The Morgan fingerprint density at radius 3 is 2.55 bits per heavy atom. The molecule has 0 radical (unpaired) electrons. The Balaban J connectivity index is 1.77. The molecule has 9 heteroatoms. The lowest BCUT2D eigenvalue weighted by atomic mass is 10.3. The Bertz CT molecular complexity index is 530. The van der Waals surface area contributed by atoms with E-state index in [2.05, 4.69) is 24.8 Å². The van der Waals surface area contributed by atoms with Gasteiger partial charge in [-0.1, -0.05) is 5.16 Å². The second-order valence-electron chi connectivity index (χ2n) is 3.88. The second-order valence-corrected chi connectivity index (χ2v) is 3.88. The Labute approximate surface area is 112 Å². The minimum atomic E-state index is -4.36. The van der Waals surface area contributed by atoms with E-state index in [1.54, 1.807) is 18.5 Å². The normalized spacial score (nSPS) is 11.8. The third-order valence-electron chi connectivity index (χ3n) is 2.19. The number of alkyl halides is 3. The van der Waals surface area contributed by atoms with Crippen LogP contribution in [-0.4, -0.2) is 32.9 Å². The predicted molar refractivity (Wildman–Crippen MR) is 59.4 cm³/mol. The molecule has 6 nitrogen and oxygen atoms in total. The van der Waals surface area contributed by atoms with Crippen molar-refractivity contribution in [2.24, 2.45) is 0 Å². The van der Waals surface area contributed by atoms with E-state index in [4.69, 9.17) is 4.52 Å². The monoisotopic (exact) mass is 288 g/mol. The van der Waals surface area contributed by atoms with E-state index in [1.807, 2.05) is 0 Å². The smallest absolute Gasteiger partial charge is 0.364 e. The molecule has 0 amide bonds. The summed E-state index contributed by atoms with van der Waals surface area (Å²) >= 11 is 0. The van der Waals surface area contributed by atoms with Gasteiger partial charge >= 0.3 is 6.18 Å². The molecule has 2 heterocycles. The van der Waals surface area contributed by atoms with Crippen LogP contribution < -0.4 is 0 Å². The van der Waals surface area contributed by atoms with Crippen molar-refractivity contribution in [3.8, 4) is 0 Å². The fourth-order valence-corrected chi connectivity index (χ4v) is 1.39. The van der Waals surface area contributed by atoms with Crippen LogP contribution in [-0.2, 0) is 24.2 Å². The summed E-state index contributed by atoms with van der Waals surface area (Å²) in [7, 11) is 0. The summed E-state index contributed by atoms with van der Waals surface area (Å²) in [4.78, 5) is 12.0. The fraction of sp³-hybridized carbons (Fsp3) is 0.455. The molecule has 0 atom stereocenters. The minimum absolute atomic E-state index is 0.0817. The van der Waals surface area contributed by atoms with E-state index in [-0.39, 0.29) is 12.4 Å². The maximum Gasteiger partial charge on any atom is 0.411 e. The maximum absolute atomic E-state index is 11.9. The molecule has 2 rings (SSSR count). The molecule has 0 aliphatic heterocycles. The van der Waals surface area contributed by atoms with Gasteiger partial charge in [-0.2, -0.15) is 18.2 Å². The van der Waals surface area contributed by atoms with Crippen LogP contribution in [0.2, 0.25) is 0 Å². The molecule has 108 valence electrons. The third kappa shape index (κ3) is 4.92. The highest BCUT2D eigenvalue weighted by Gasteiger charge is 2.27. The summed E-state index contributed by atoms with van der Waals surface area (Å²) in [6.07, 6.45) is -0.210. The van der Waals surface area contributed by atoms with E-state index in [1.165, 1.54) is 0 Å². The number of ether oxygens (including phenoxy) is 1. The fourth-order valence-electron chi connectivity index (χ4n) is 1.39. The molecule has 0 fully saturated rings. The van der Waals surface area contributed by atoms with Crippen LogP contribution in [0.5, 0.6) is 0 Å². The Hall–Kier alpha value is -2.03. The van der Waals surface area contributed by atoms with Gasteiger partial charge in [-0.25, -0.2) is 9.97 Å².